The summed E-state index contributed by atoms with van der Waals surface area (Å²) in [6, 6.07) is 14.8. The number of nitrogens with one attached hydrogen (secondary N) is 1. The number of rotatable bonds is 1. The van der Waals surface area contributed by atoms with E-state index in [0.717, 1.165) is 54.4 Å². The lowest BCUT2D eigenvalue weighted by Crippen LogP contribution is -3.11. The summed E-state index contributed by atoms with van der Waals surface area (Å²) >= 11 is 6.08. The van der Waals surface area contributed by atoms with Gasteiger partial charge in [0, 0.05) is 17.0 Å². The fraction of sp³-hybridized carbons (Fsp3) is 0.409. The molecule has 1 fully saturated rings. The predicted molar refractivity (Wildman–Crippen MR) is 108 cm³/mol. The molecule has 140 valence electrons. The molecular weight excluding hydrogens is 358 g/mol. The van der Waals surface area contributed by atoms with Gasteiger partial charge in [-0.15, -0.1) is 0 Å². The summed E-state index contributed by atoms with van der Waals surface area (Å²) in [6.45, 7) is 4.37. The van der Waals surface area contributed by atoms with Crippen molar-refractivity contribution in [1.82, 2.24) is 5.01 Å². The molecule has 5 heteroatoms. The number of hydrogen-bond donors (Lipinski definition) is 1. The van der Waals surface area contributed by atoms with Gasteiger partial charge in [-0.3, -0.25) is 0 Å². The molecule has 3 heterocycles. The van der Waals surface area contributed by atoms with E-state index >= 15 is 0 Å². The zero-order valence-corrected chi connectivity index (χ0v) is 16.6. The highest BCUT2D eigenvalue weighted by Gasteiger charge is 2.52. The third kappa shape index (κ3) is 2.74. The number of nitrogens with zero attached hydrogens (tertiary/aromatic N) is 2. The van der Waals surface area contributed by atoms with Gasteiger partial charge in [-0.25, -0.2) is 5.01 Å². The highest BCUT2D eigenvalue weighted by atomic mass is 35.5. The van der Waals surface area contributed by atoms with E-state index in [9.17, 15) is 0 Å². The molecule has 0 unspecified atom stereocenters. The molecule has 2 aromatic carbocycles. The maximum atomic E-state index is 6.74. The van der Waals surface area contributed by atoms with E-state index in [4.69, 9.17) is 21.4 Å². The molecule has 1 saturated heterocycles. The van der Waals surface area contributed by atoms with Crippen molar-refractivity contribution in [1.29, 1.82) is 0 Å². The van der Waals surface area contributed by atoms with Crippen molar-refractivity contribution in [2.75, 3.05) is 20.1 Å². The summed E-state index contributed by atoms with van der Waals surface area (Å²) in [7, 11) is 2.26. The first-order chi connectivity index (χ1) is 13.1. The highest BCUT2D eigenvalue weighted by Crippen LogP contribution is 2.50. The molecule has 0 bridgehead atoms. The van der Waals surface area contributed by atoms with Crippen molar-refractivity contribution < 1.29 is 9.64 Å². The van der Waals surface area contributed by atoms with Crippen LogP contribution in [0.25, 0.3) is 0 Å². The maximum absolute atomic E-state index is 6.74. The molecular formula is C22H25ClN3O+. The monoisotopic (exact) mass is 382 g/mol. The fourth-order valence-electron chi connectivity index (χ4n) is 4.66. The van der Waals surface area contributed by atoms with Gasteiger partial charge < -0.3 is 9.64 Å². The average Bonchev–Trinajstić information content (AvgIpc) is 3.12. The van der Waals surface area contributed by atoms with Crippen LogP contribution in [0.15, 0.2) is 47.6 Å². The summed E-state index contributed by atoms with van der Waals surface area (Å²) in [5.74, 6) is 1.07. The number of hydrazone groups is 1. The lowest BCUT2D eigenvalue weighted by Gasteiger charge is -2.50. The standard InChI is InChI=1S/C22H24ClN3O/c1-15-4-3-5-18-20-14-19(16-6-8-17(23)9-7-16)24-26(20)22(27-21(15)18)10-12-25(2)13-11-22/h3-9,20H,10-14H2,1-2H3/p+1/t20-/m0/s1. The number of quaternary nitrogens is 1. The van der Waals surface area contributed by atoms with Crippen LogP contribution in [-0.4, -0.2) is 36.6 Å². The quantitative estimate of drug-likeness (QED) is 0.820. The molecule has 0 aromatic heterocycles. The summed E-state index contributed by atoms with van der Waals surface area (Å²) < 4.78 is 6.74. The number of ether oxygens (including phenoxy) is 1. The molecule has 1 N–H and O–H groups in total. The lowest BCUT2D eigenvalue weighted by molar-refractivity contribution is -0.888. The number of benzene rings is 2. The minimum Gasteiger partial charge on any atom is -0.465 e. The second kappa shape index (κ2) is 6.25. The molecule has 0 saturated carbocycles. The van der Waals surface area contributed by atoms with Crippen LogP contribution in [0.2, 0.25) is 5.02 Å². The lowest BCUT2D eigenvalue weighted by atomic mass is 9.90. The van der Waals surface area contributed by atoms with Gasteiger partial charge in [0.15, 0.2) is 0 Å². The van der Waals surface area contributed by atoms with E-state index < -0.39 is 0 Å². The van der Waals surface area contributed by atoms with Gasteiger partial charge in [0.05, 0.1) is 44.7 Å². The summed E-state index contributed by atoms with van der Waals surface area (Å²) in [4.78, 5) is 1.57. The molecule has 0 aliphatic carbocycles. The van der Waals surface area contributed by atoms with Gasteiger partial charge in [-0.2, -0.15) is 5.10 Å². The maximum Gasteiger partial charge on any atom is 0.208 e. The SMILES string of the molecule is Cc1cccc2c1OC1(CC[NH+](C)CC1)N1N=C(c3ccc(Cl)cc3)C[C@@H]21. The minimum atomic E-state index is -0.322. The van der Waals surface area contributed by atoms with Gasteiger partial charge >= 0.3 is 0 Å². The average molecular weight is 383 g/mol. The Bertz CT molecular complexity index is 900. The van der Waals surface area contributed by atoms with E-state index in [1.54, 1.807) is 4.90 Å². The Morgan fingerprint density at radius 3 is 2.63 bits per heavy atom. The Hall–Kier alpha value is -2.04. The fourth-order valence-corrected chi connectivity index (χ4v) is 4.78. The van der Waals surface area contributed by atoms with E-state index in [1.807, 2.05) is 12.1 Å². The first kappa shape index (κ1) is 17.1. The van der Waals surface area contributed by atoms with Gasteiger partial charge in [0.1, 0.15) is 5.75 Å². The third-order valence-electron chi connectivity index (χ3n) is 6.28. The van der Waals surface area contributed by atoms with Crippen LogP contribution in [0.4, 0.5) is 0 Å². The Morgan fingerprint density at radius 1 is 1.15 bits per heavy atom. The van der Waals surface area contributed by atoms with Crippen LogP contribution in [0.5, 0.6) is 5.75 Å². The number of halogens is 1. The van der Waals surface area contributed by atoms with E-state index in [-0.39, 0.29) is 11.8 Å². The first-order valence-electron chi connectivity index (χ1n) is 9.78. The smallest absolute Gasteiger partial charge is 0.208 e. The summed E-state index contributed by atoms with van der Waals surface area (Å²) in [5.41, 5.74) is 4.44. The topological polar surface area (TPSA) is 29.3 Å². The van der Waals surface area contributed by atoms with Crippen molar-refractivity contribution in [3.05, 3.63) is 64.2 Å². The molecule has 2 aromatic rings. The van der Waals surface area contributed by atoms with Crippen LogP contribution in [0.1, 0.15) is 42.0 Å². The predicted octanol–water partition coefficient (Wildman–Crippen LogP) is 3.20. The molecule has 27 heavy (non-hydrogen) atoms. The number of para-hydroxylation sites is 1. The van der Waals surface area contributed by atoms with Crippen LogP contribution in [-0.2, 0) is 0 Å². The van der Waals surface area contributed by atoms with Crippen LogP contribution >= 0.6 is 11.6 Å². The molecule has 1 atom stereocenters. The van der Waals surface area contributed by atoms with Crippen molar-refractivity contribution in [2.24, 2.45) is 5.10 Å². The Balaban J connectivity index is 1.59. The zero-order valence-electron chi connectivity index (χ0n) is 15.8. The normalized spacial score (nSPS) is 29.1. The summed E-state index contributed by atoms with van der Waals surface area (Å²) in [6.07, 6.45) is 2.91. The second-order valence-corrected chi connectivity index (χ2v) is 8.55. The van der Waals surface area contributed by atoms with Crippen LogP contribution in [0.3, 0.4) is 0 Å². The van der Waals surface area contributed by atoms with Crippen LogP contribution < -0.4 is 9.64 Å². The number of hydrogen-bond acceptors (Lipinski definition) is 3. The van der Waals surface area contributed by atoms with E-state index in [0.29, 0.717) is 0 Å². The summed E-state index contributed by atoms with van der Waals surface area (Å²) in [5, 5.41) is 8.15. The molecule has 5 rings (SSSR count). The molecule has 0 radical (unpaired) electrons. The van der Waals surface area contributed by atoms with Gasteiger partial charge in [0.2, 0.25) is 5.72 Å². The highest BCUT2D eigenvalue weighted by molar-refractivity contribution is 6.30. The number of fused-ring (bicyclic) bond motifs is 4. The molecule has 1 spiro atoms. The van der Waals surface area contributed by atoms with Crippen molar-refractivity contribution in [2.45, 2.75) is 38.0 Å². The van der Waals surface area contributed by atoms with Crippen molar-refractivity contribution in [3.63, 3.8) is 0 Å². The Morgan fingerprint density at radius 2 is 1.89 bits per heavy atom. The number of likely N-dealkylation sites (tertiary alicyclic amines) is 1. The van der Waals surface area contributed by atoms with E-state index in [1.165, 1.54) is 11.1 Å². The zero-order chi connectivity index (χ0) is 18.6. The number of piperidine rings is 1. The van der Waals surface area contributed by atoms with Gasteiger partial charge in [-0.1, -0.05) is 41.9 Å². The second-order valence-electron chi connectivity index (χ2n) is 8.12. The van der Waals surface area contributed by atoms with Crippen LogP contribution in [0, 0.1) is 6.92 Å². The first-order valence-corrected chi connectivity index (χ1v) is 10.2. The van der Waals surface area contributed by atoms with Gasteiger partial charge in [-0.05, 0) is 30.2 Å². The Labute approximate surface area is 165 Å². The van der Waals surface area contributed by atoms with Gasteiger partial charge in [0.25, 0.3) is 0 Å². The minimum absolute atomic E-state index is 0.248. The molecule has 4 nitrogen and oxygen atoms in total. The largest absolute Gasteiger partial charge is 0.465 e. The molecule has 0 amide bonds. The van der Waals surface area contributed by atoms with Crippen molar-refractivity contribution in [3.8, 4) is 5.75 Å². The van der Waals surface area contributed by atoms with E-state index in [2.05, 4.69) is 49.3 Å². The Kier molecular flexibility index (Phi) is 3.95. The third-order valence-corrected chi connectivity index (χ3v) is 6.54. The number of aryl methyl sites for hydroxylation is 1. The van der Waals surface area contributed by atoms with Crippen molar-refractivity contribution >= 4 is 17.3 Å². The molecule has 3 aliphatic rings. The molecule has 3 aliphatic heterocycles.